The summed E-state index contributed by atoms with van der Waals surface area (Å²) in [5, 5.41) is 0. The molecule has 1 heterocycles. The number of carbonyl (C=O) groups excluding carboxylic acids is 1. The maximum absolute atomic E-state index is 11.9. The third kappa shape index (κ3) is 1.87. The van der Waals surface area contributed by atoms with Crippen LogP contribution in [0.25, 0.3) is 0 Å². The summed E-state index contributed by atoms with van der Waals surface area (Å²) < 4.78 is 5.96. The van der Waals surface area contributed by atoms with Gasteiger partial charge in [0.05, 0.1) is 11.7 Å². The van der Waals surface area contributed by atoms with E-state index in [0.29, 0.717) is 18.3 Å². The lowest BCUT2D eigenvalue weighted by Crippen LogP contribution is -2.22. The number of fused-ring (bicyclic) bond motifs is 3. The van der Waals surface area contributed by atoms with E-state index in [-0.39, 0.29) is 17.5 Å². The molecule has 3 rings (SSSR count). The first-order valence-corrected chi connectivity index (χ1v) is 7.07. The van der Waals surface area contributed by atoms with Gasteiger partial charge in [-0.3, -0.25) is 4.79 Å². The Bertz CT molecular complexity index is 434. The Hall–Kier alpha value is -0.890. The van der Waals surface area contributed by atoms with Crippen molar-refractivity contribution in [2.45, 2.75) is 57.7 Å². The predicted molar refractivity (Wildman–Crippen MR) is 71.2 cm³/mol. The molecule has 0 aromatic carbocycles. The van der Waals surface area contributed by atoms with Crippen LogP contribution in [0.15, 0.2) is 23.8 Å². The SMILES string of the molecule is C=C1C(=O)CC2C1CC/C(C)=C/CC[C@@]1(C)O[C@H]21. The van der Waals surface area contributed by atoms with E-state index < -0.39 is 0 Å². The van der Waals surface area contributed by atoms with Crippen molar-refractivity contribution in [1.29, 1.82) is 0 Å². The van der Waals surface area contributed by atoms with Gasteiger partial charge in [-0.2, -0.15) is 0 Å². The monoisotopic (exact) mass is 246 g/mol. The lowest BCUT2D eigenvalue weighted by Gasteiger charge is -2.20. The van der Waals surface area contributed by atoms with Crippen LogP contribution < -0.4 is 0 Å². The quantitative estimate of drug-likeness (QED) is 0.372. The maximum Gasteiger partial charge on any atom is 0.158 e. The number of allylic oxidation sites excluding steroid dienone is 3. The highest BCUT2D eigenvalue weighted by Gasteiger charge is 2.59. The first-order chi connectivity index (χ1) is 8.51. The van der Waals surface area contributed by atoms with Crippen molar-refractivity contribution in [1.82, 2.24) is 0 Å². The molecule has 2 fully saturated rings. The van der Waals surface area contributed by atoms with E-state index in [0.717, 1.165) is 31.3 Å². The van der Waals surface area contributed by atoms with Crippen LogP contribution in [0.4, 0.5) is 0 Å². The molecule has 1 saturated carbocycles. The number of epoxide rings is 1. The van der Waals surface area contributed by atoms with Crippen LogP contribution in [0.1, 0.15) is 46.0 Å². The normalized spacial score (nSPS) is 47.0. The Morgan fingerprint density at radius 1 is 1.50 bits per heavy atom. The largest absolute Gasteiger partial charge is 0.366 e. The van der Waals surface area contributed by atoms with E-state index in [1.807, 2.05) is 0 Å². The number of hydrogen-bond donors (Lipinski definition) is 0. The van der Waals surface area contributed by atoms with Crippen LogP contribution in [0, 0.1) is 11.8 Å². The number of ketones is 1. The van der Waals surface area contributed by atoms with Crippen molar-refractivity contribution in [3.8, 4) is 0 Å². The van der Waals surface area contributed by atoms with E-state index in [1.54, 1.807) is 0 Å². The molecular formula is C16H22O2. The van der Waals surface area contributed by atoms with E-state index in [2.05, 4.69) is 26.5 Å². The van der Waals surface area contributed by atoms with Crippen LogP contribution in [-0.4, -0.2) is 17.5 Å². The highest BCUT2D eigenvalue weighted by molar-refractivity contribution is 5.98. The minimum Gasteiger partial charge on any atom is -0.366 e. The van der Waals surface area contributed by atoms with Gasteiger partial charge in [0.2, 0.25) is 0 Å². The number of Topliss-reactive ketones (excluding diaryl/α,β-unsaturated/α-hetero) is 1. The lowest BCUT2D eigenvalue weighted by atomic mass is 9.81. The van der Waals surface area contributed by atoms with Gasteiger partial charge in [0.25, 0.3) is 0 Å². The van der Waals surface area contributed by atoms with Gasteiger partial charge in [-0.1, -0.05) is 18.2 Å². The smallest absolute Gasteiger partial charge is 0.158 e. The molecule has 1 saturated heterocycles. The summed E-state index contributed by atoms with van der Waals surface area (Å²) in [7, 11) is 0. The first-order valence-electron chi connectivity index (χ1n) is 7.07. The fraction of sp³-hybridized carbons (Fsp3) is 0.688. The van der Waals surface area contributed by atoms with Gasteiger partial charge < -0.3 is 4.74 Å². The summed E-state index contributed by atoms with van der Waals surface area (Å²) in [6, 6.07) is 0. The van der Waals surface area contributed by atoms with Gasteiger partial charge >= 0.3 is 0 Å². The van der Waals surface area contributed by atoms with Gasteiger partial charge in [0.1, 0.15) is 0 Å². The van der Waals surface area contributed by atoms with Crippen LogP contribution >= 0.6 is 0 Å². The molecule has 4 atom stereocenters. The van der Waals surface area contributed by atoms with Crippen LogP contribution in [0.2, 0.25) is 0 Å². The minimum absolute atomic E-state index is 0.0158. The predicted octanol–water partition coefficient (Wildman–Crippen LogP) is 3.43. The van der Waals surface area contributed by atoms with Crippen LogP contribution in [0.5, 0.6) is 0 Å². The van der Waals surface area contributed by atoms with Gasteiger partial charge in [0.15, 0.2) is 5.78 Å². The molecule has 18 heavy (non-hydrogen) atoms. The van der Waals surface area contributed by atoms with Crippen molar-refractivity contribution < 1.29 is 9.53 Å². The topological polar surface area (TPSA) is 29.6 Å². The molecule has 2 nitrogen and oxygen atoms in total. The van der Waals surface area contributed by atoms with E-state index in [1.165, 1.54) is 5.57 Å². The van der Waals surface area contributed by atoms with E-state index in [4.69, 9.17) is 4.74 Å². The number of ether oxygens (including phenoxy) is 1. The molecule has 0 amide bonds. The molecular weight excluding hydrogens is 224 g/mol. The van der Waals surface area contributed by atoms with Crippen molar-refractivity contribution in [3.63, 3.8) is 0 Å². The molecule has 0 N–H and O–H groups in total. The highest BCUT2D eigenvalue weighted by atomic mass is 16.6. The summed E-state index contributed by atoms with van der Waals surface area (Å²) in [6.07, 6.45) is 7.63. The second kappa shape index (κ2) is 4.06. The molecule has 0 aromatic rings. The molecule has 98 valence electrons. The van der Waals surface area contributed by atoms with Crippen molar-refractivity contribution in [2.24, 2.45) is 11.8 Å². The summed E-state index contributed by atoms with van der Waals surface area (Å²) in [5.74, 6) is 1.01. The Labute approximate surface area is 109 Å². The molecule has 0 bridgehead atoms. The van der Waals surface area contributed by atoms with Crippen LogP contribution in [-0.2, 0) is 9.53 Å². The number of rotatable bonds is 0. The minimum atomic E-state index is 0.0158. The molecule has 0 spiro atoms. The van der Waals surface area contributed by atoms with E-state index in [9.17, 15) is 4.79 Å². The maximum atomic E-state index is 11.9. The fourth-order valence-corrected chi connectivity index (χ4v) is 3.75. The zero-order valence-electron chi connectivity index (χ0n) is 11.4. The first kappa shape index (κ1) is 12.2. The average Bonchev–Trinajstić information content (AvgIpc) is 2.90. The summed E-state index contributed by atoms with van der Waals surface area (Å²) >= 11 is 0. The van der Waals surface area contributed by atoms with Crippen molar-refractivity contribution in [2.75, 3.05) is 0 Å². The van der Waals surface area contributed by atoms with Gasteiger partial charge in [-0.05, 0) is 51.0 Å². The van der Waals surface area contributed by atoms with Crippen LogP contribution in [0.3, 0.4) is 0 Å². The summed E-state index contributed by atoms with van der Waals surface area (Å²) in [6.45, 7) is 8.42. The Balaban J connectivity index is 1.87. The molecule has 2 heteroatoms. The summed E-state index contributed by atoms with van der Waals surface area (Å²) in [5.41, 5.74) is 2.32. The second-order valence-electron chi connectivity index (χ2n) is 6.40. The molecule has 0 aromatic heterocycles. The second-order valence-corrected chi connectivity index (χ2v) is 6.40. The van der Waals surface area contributed by atoms with Gasteiger partial charge in [0, 0.05) is 12.3 Å². The van der Waals surface area contributed by atoms with Gasteiger partial charge in [-0.25, -0.2) is 0 Å². The molecule has 2 aliphatic carbocycles. The third-order valence-electron chi connectivity index (χ3n) is 5.06. The molecule has 1 aliphatic heterocycles. The standard InChI is InChI=1S/C16H22O2/c1-10-5-4-8-16(3)15(18-16)13-9-14(17)11(2)12(13)7-6-10/h5,12-13,15H,2,4,6-9H2,1,3H3/b10-5+/t12?,13?,15-,16-/m1/s1. The molecule has 0 radical (unpaired) electrons. The average molecular weight is 246 g/mol. The zero-order chi connectivity index (χ0) is 12.9. The lowest BCUT2D eigenvalue weighted by molar-refractivity contribution is -0.114. The van der Waals surface area contributed by atoms with E-state index >= 15 is 0 Å². The number of hydrogen-bond acceptors (Lipinski definition) is 2. The number of carbonyl (C=O) groups is 1. The van der Waals surface area contributed by atoms with Gasteiger partial charge in [-0.15, -0.1) is 0 Å². The van der Waals surface area contributed by atoms with Crippen molar-refractivity contribution in [3.05, 3.63) is 23.8 Å². The Kier molecular flexibility index (Phi) is 2.74. The third-order valence-corrected chi connectivity index (χ3v) is 5.06. The Morgan fingerprint density at radius 2 is 2.28 bits per heavy atom. The van der Waals surface area contributed by atoms with Crippen molar-refractivity contribution >= 4 is 5.78 Å². The zero-order valence-corrected chi connectivity index (χ0v) is 11.4. The fourth-order valence-electron chi connectivity index (χ4n) is 3.75. The Morgan fingerprint density at radius 3 is 3.06 bits per heavy atom. The summed E-state index contributed by atoms with van der Waals surface area (Å²) in [4.78, 5) is 11.9. The molecule has 2 unspecified atom stereocenters. The highest BCUT2D eigenvalue weighted by Crippen LogP contribution is 2.53. The molecule has 3 aliphatic rings.